The van der Waals surface area contributed by atoms with Gasteiger partial charge in [-0.25, -0.2) is 9.97 Å². The number of esters is 2. The number of amides is 4. The van der Waals surface area contributed by atoms with Crippen LogP contribution in [0.15, 0.2) is 243 Å². The zero-order valence-corrected chi connectivity index (χ0v) is 58.4. The van der Waals surface area contributed by atoms with Crippen molar-refractivity contribution >= 4 is 105 Å². The molecule has 107 heavy (non-hydrogen) atoms. The Bertz CT molecular complexity index is 5520. The molecule has 10 heterocycles. The molecule has 0 saturated carbocycles. The van der Waals surface area contributed by atoms with E-state index in [0.717, 1.165) is 16.7 Å². The largest absolute Gasteiger partial charge is 0.465 e. The number of hydrogen-bond donors (Lipinski definition) is 6. The fraction of sp³-hybridized carbons (Fsp3) is 0.112. The van der Waals surface area contributed by atoms with E-state index in [1.165, 1.54) is 0 Å². The number of fused-ring (bicyclic) bond motifs is 8. The van der Waals surface area contributed by atoms with Crippen molar-refractivity contribution in [2.75, 3.05) is 34.5 Å². The summed E-state index contributed by atoms with van der Waals surface area (Å²) in [7, 11) is 0. The van der Waals surface area contributed by atoms with Gasteiger partial charge in [-0.2, -0.15) is 0 Å². The summed E-state index contributed by atoms with van der Waals surface area (Å²) in [5.74, 6) is -3.37. The number of rotatable bonds is 6. The van der Waals surface area contributed by atoms with Crippen molar-refractivity contribution in [1.82, 2.24) is 29.8 Å². The Balaban J connectivity index is 0.989. The average molecular weight is 1410 g/mol. The molecule has 12 aromatic rings. The molecule has 0 radical (unpaired) electrons. The molecule has 18 heteroatoms. The second kappa shape index (κ2) is 29.2. The Kier molecular flexibility index (Phi) is 18.5. The highest BCUT2D eigenvalue weighted by Crippen LogP contribution is 2.44. The zero-order valence-electron chi connectivity index (χ0n) is 58.4. The van der Waals surface area contributed by atoms with Crippen LogP contribution in [0.3, 0.4) is 0 Å². The average Bonchev–Trinajstić information content (AvgIpc) is 1.57. The van der Waals surface area contributed by atoms with Gasteiger partial charge >= 0.3 is 11.9 Å². The lowest BCUT2D eigenvalue weighted by Crippen LogP contribution is -2.46. The van der Waals surface area contributed by atoms with Crippen LogP contribution in [0.1, 0.15) is 106 Å². The van der Waals surface area contributed by atoms with Crippen molar-refractivity contribution in [3.05, 3.63) is 316 Å². The summed E-state index contributed by atoms with van der Waals surface area (Å²) < 4.78 is 11.5. The normalized spacial score (nSPS) is 14.1. The molecule has 6 N–H and O–H groups in total. The van der Waals surface area contributed by atoms with Crippen molar-refractivity contribution in [2.45, 2.75) is 46.3 Å². The molecule has 6 aliphatic heterocycles. The van der Waals surface area contributed by atoms with Crippen LogP contribution in [0, 0.1) is 5.41 Å². The first-order valence-electron chi connectivity index (χ1n) is 35.4. The fourth-order valence-electron chi connectivity index (χ4n) is 14.7. The summed E-state index contributed by atoms with van der Waals surface area (Å²) in [6.45, 7) is 4.64. The van der Waals surface area contributed by atoms with E-state index < -0.39 is 29.2 Å². The molecule has 0 spiro atoms. The molecule has 20 bridgehead atoms. The van der Waals surface area contributed by atoms with E-state index in [9.17, 15) is 9.59 Å². The molecule has 6 aliphatic rings. The predicted molar refractivity (Wildman–Crippen MR) is 418 cm³/mol. The number of aromatic amines is 2. The molecule has 0 atom stereocenters. The topological polar surface area (TPSA) is 242 Å². The number of pyridine rings is 1. The lowest BCUT2D eigenvalue weighted by Gasteiger charge is -2.30. The van der Waals surface area contributed by atoms with Gasteiger partial charge in [0.05, 0.1) is 36.0 Å². The minimum absolute atomic E-state index is 0.0426. The van der Waals surface area contributed by atoms with Gasteiger partial charge in [-0.1, -0.05) is 127 Å². The maximum Gasteiger partial charge on any atom is 0.324 e. The van der Waals surface area contributed by atoms with Gasteiger partial charge in [-0.15, -0.1) is 0 Å². The number of aromatic nitrogens is 5. The van der Waals surface area contributed by atoms with Crippen LogP contribution in [0.25, 0.3) is 90.9 Å². The number of hydrogen-bond acceptors (Lipinski definition) is 12. The van der Waals surface area contributed by atoms with Crippen molar-refractivity contribution in [3.63, 3.8) is 0 Å². The molecule has 0 fully saturated rings. The fourth-order valence-corrected chi connectivity index (χ4v) is 14.7. The van der Waals surface area contributed by atoms with Crippen LogP contribution in [-0.4, -0.2) is 78.6 Å². The van der Waals surface area contributed by atoms with Crippen LogP contribution < -0.4 is 21.3 Å². The molecule has 0 aliphatic carbocycles. The quantitative estimate of drug-likeness (QED) is 0.0673. The number of carbonyl (C=O) groups excluding carboxylic acids is 6. The van der Waals surface area contributed by atoms with Crippen LogP contribution >= 0.6 is 0 Å². The molecule has 8 aromatic carbocycles. The SMILES string of the molecule is CCOC(=O)C1(C(=O)OCC)Cc2cccc(c2)C(=O)Nc2ccccc2-c2c3nc(c4c5ccc([nH]5)c(c5nc(c(c6ccc2[nH]6)-c2ccccc2NC(=O)c2cccc(c2)CN(Cc2cccnc2)Cc2cccc(c2)C(=O)Nc2ccccc2-4)C=C5)-c2ccccc2NC(=O)c2cccc(c2)C1)C=C3. The van der Waals surface area contributed by atoms with E-state index in [-0.39, 0.29) is 49.0 Å². The van der Waals surface area contributed by atoms with Crippen molar-refractivity contribution in [1.29, 1.82) is 0 Å². The lowest BCUT2D eigenvalue weighted by atomic mass is 9.76. The standard InChI is InChI=1S/C89H70N10O8/c1-3-106-87(104)89(88(105)107-4-2)48-54-18-13-23-59(44-54)83(100)95-67-31-9-5-27-63(67)79-71-35-39-75(91-71)81-65-29-7-11-33-69(65)97-85(102)61-25-15-20-56(46-61)51-99(53-58-22-17-43-90-50-58)52-57-21-16-26-62(47-57)86(103)98-70-34-12-8-30-66(70)82(76-40-36-72(79)92-76)78-42-38-74(94-78)80(73-37-41-77(81)93-73)64-28-6-10-32-68(64)96-84(101)60-24-14-19-55(45-60)49-89/h5-47,50,91,94H,3-4,48-49,51-53H2,1-2H3,(H,95,100)(H,96,101)(H,97,102)(H,98,103). The summed E-state index contributed by atoms with van der Waals surface area (Å²) >= 11 is 0. The Morgan fingerprint density at radius 3 is 1.05 bits per heavy atom. The second-order valence-electron chi connectivity index (χ2n) is 26.7. The summed E-state index contributed by atoms with van der Waals surface area (Å²) in [5.41, 5.74) is 14.0. The van der Waals surface area contributed by atoms with E-state index in [0.29, 0.717) is 154 Å². The first-order valence-corrected chi connectivity index (χ1v) is 35.4. The molecule has 18 rings (SSSR count). The third kappa shape index (κ3) is 13.7. The molecule has 18 nitrogen and oxygen atoms in total. The summed E-state index contributed by atoms with van der Waals surface area (Å²) in [6, 6.07) is 70.6. The highest BCUT2D eigenvalue weighted by atomic mass is 16.6. The van der Waals surface area contributed by atoms with Gasteiger partial charge < -0.3 is 40.7 Å². The zero-order chi connectivity index (χ0) is 73.1. The molecule has 524 valence electrons. The van der Waals surface area contributed by atoms with Gasteiger partial charge in [-0.05, 0) is 182 Å². The third-order valence-electron chi connectivity index (χ3n) is 19.6. The van der Waals surface area contributed by atoms with E-state index in [1.54, 1.807) is 80.7 Å². The van der Waals surface area contributed by atoms with Crippen LogP contribution in [0.5, 0.6) is 0 Å². The maximum atomic E-state index is 15.3. The summed E-state index contributed by atoms with van der Waals surface area (Å²) in [6.07, 6.45) is 10.9. The Morgan fingerprint density at radius 1 is 0.393 bits per heavy atom. The third-order valence-corrected chi connectivity index (χ3v) is 19.6. The van der Waals surface area contributed by atoms with Crippen molar-refractivity contribution in [2.24, 2.45) is 5.41 Å². The first kappa shape index (κ1) is 67.8. The first-order chi connectivity index (χ1) is 52.3. The Morgan fingerprint density at radius 2 is 0.720 bits per heavy atom. The van der Waals surface area contributed by atoms with Gasteiger partial charge in [0.15, 0.2) is 5.41 Å². The minimum atomic E-state index is -1.98. The van der Waals surface area contributed by atoms with Gasteiger partial charge in [-0.3, -0.25) is 38.7 Å². The van der Waals surface area contributed by atoms with Gasteiger partial charge in [0.2, 0.25) is 0 Å². The molecular weight excluding hydrogens is 1340 g/mol. The highest BCUT2D eigenvalue weighted by Gasteiger charge is 2.49. The predicted octanol–water partition coefficient (Wildman–Crippen LogP) is 17.5. The Hall–Kier alpha value is -13.7. The number of ether oxygens (including phenoxy) is 2. The number of para-hydroxylation sites is 4. The molecule has 4 amide bonds. The van der Waals surface area contributed by atoms with Crippen LogP contribution in [0.2, 0.25) is 0 Å². The molecule has 4 aromatic heterocycles. The second-order valence-corrected chi connectivity index (χ2v) is 26.7. The van der Waals surface area contributed by atoms with Crippen molar-refractivity contribution in [3.8, 4) is 44.5 Å². The van der Waals surface area contributed by atoms with E-state index in [2.05, 4.69) is 41.1 Å². The van der Waals surface area contributed by atoms with E-state index in [4.69, 9.17) is 19.4 Å². The van der Waals surface area contributed by atoms with Gasteiger partial charge in [0.1, 0.15) is 0 Å². The maximum absolute atomic E-state index is 15.3. The number of nitrogens with one attached hydrogen (secondary N) is 6. The smallest absolute Gasteiger partial charge is 0.324 e. The molecular formula is C89H70N10O8. The lowest BCUT2D eigenvalue weighted by molar-refractivity contribution is -0.172. The molecule has 0 saturated heterocycles. The highest BCUT2D eigenvalue weighted by molar-refractivity contribution is 6.13. The number of anilines is 4. The van der Waals surface area contributed by atoms with Gasteiger partial charge in [0.25, 0.3) is 23.6 Å². The molecule has 0 unspecified atom stereocenters. The number of carbonyl (C=O) groups is 6. The summed E-state index contributed by atoms with van der Waals surface area (Å²) in [5, 5.41) is 13.1. The monoisotopic (exact) mass is 1410 g/mol. The number of nitrogens with zero attached hydrogens (tertiary/aromatic N) is 4. The van der Waals surface area contributed by atoms with E-state index >= 15 is 19.2 Å². The summed E-state index contributed by atoms with van der Waals surface area (Å²) in [4.78, 5) is 116. The number of benzene rings is 8. The van der Waals surface area contributed by atoms with E-state index in [1.807, 2.05) is 200 Å². The van der Waals surface area contributed by atoms with Crippen molar-refractivity contribution < 1.29 is 38.2 Å². The van der Waals surface area contributed by atoms with Crippen LogP contribution in [0.4, 0.5) is 22.7 Å². The minimum Gasteiger partial charge on any atom is -0.465 e. The van der Waals surface area contributed by atoms with Crippen LogP contribution in [-0.2, 0) is 51.5 Å². The number of H-pyrrole nitrogens is 2. The Labute approximate surface area is 616 Å². The van der Waals surface area contributed by atoms with Gasteiger partial charge in [0, 0.05) is 144 Å².